The maximum absolute atomic E-state index is 5.45. The minimum Gasteiger partial charge on any atom is -0.497 e. The molecule has 0 saturated heterocycles. The molecule has 0 unspecified atom stereocenters. The second-order valence-electron chi connectivity index (χ2n) is 5.86. The van der Waals surface area contributed by atoms with Crippen LogP contribution in [0.25, 0.3) is 5.70 Å². The summed E-state index contributed by atoms with van der Waals surface area (Å²) in [5.74, 6) is 0.869. The van der Waals surface area contributed by atoms with Crippen LogP contribution < -0.4 is 15.4 Å². The Bertz CT molecular complexity index is 795. The first-order chi connectivity index (χ1) is 11.3. The van der Waals surface area contributed by atoms with Crippen molar-refractivity contribution in [2.75, 3.05) is 7.11 Å². The Kier molecular flexibility index (Phi) is 3.54. The zero-order chi connectivity index (χ0) is 15.8. The number of rotatable bonds is 2. The van der Waals surface area contributed by atoms with E-state index in [2.05, 4.69) is 47.0 Å². The number of fused-ring (bicyclic) bond motifs is 2. The molecule has 0 saturated carbocycles. The molecule has 0 aromatic heterocycles. The van der Waals surface area contributed by atoms with Crippen LogP contribution in [0.15, 0.2) is 54.1 Å². The zero-order valence-electron chi connectivity index (χ0n) is 12.9. The van der Waals surface area contributed by atoms with Crippen LogP contribution in [0.4, 0.5) is 0 Å². The van der Waals surface area contributed by atoms with E-state index >= 15 is 0 Å². The maximum atomic E-state index is 5.45. The van der Waals surface area contributed by atoms with Gasteiger partial charge in [0.05, 0.1) is 13.2 Å². The molecule has 2 N–H and O–H groups in total. The first-order valence-electron chi connectivity index (χ1n) is 7.79. The highest BCUT2D eigenvalue weighted by molar-refractivity contribution is 7.80. The van der Waals surface area contributed by atoms with Crippen LogP contribution in [0.1, 0.15) is 29.2 Å². The van der Waals surface area contributed by atoms with Crippen LogP contribution >= 0.6 is 12.2 Å². The van der Waals surface area contributed by atoms with Crippen LogP contribution in [0.2, 0.25) is 0 Å². The molecule has 1 heterocycles. The second kappa shape index (κ2) is 5.70. The third-order valence-corrected chi connectivity index (χ3v) is 4.80. The third kappa shape index (κ3) is 2.49. The van der Waals surface area contributed by atoms with Crippen molar-refractivity contribution in [2.24, 2.45) is 0 Å². The van der Waals surface area contributed by atoms with Gasteiger partial charge in [-0.1, -0.05) is 36.4 Å². The highest BCUT2D eigenvalue weighted by atomic mass is 32.1. The first-order valence-corrected chi connectivity index (χ1v) is 8.20. The molecule has 2 aromatic rings. The summed E-state index contributed by atoms with van der Waals surface area (Å²) in [5, 5.41) is 7.48. The Morgan fingerprint density at radius 3 is 2.61 bits per heavy atom. The van der Waals surface area contributed by atoms with Crippen LogP contribution in [0.5, 0.6) is 5.75 Å². The van der Waals surface area contributed by atoms with Crippen molar-refractivity contribution in [1.82, 2.24) is 10.6 Å². The van der Waals surface area contributed by atoms with Crippen LogP contribution in [-0.4, -0.2) is 12.2 Å². The average Bonchev–Trinajstić information content (AvgIpc) is 2.61. The number of methoxy groups -OCH3 is 1. The fourth-order valence-corrected chi connectivity index (χ4v) is 3.65. The van der Waals surface area contributed by atoms with Crippen molar-refractivity contribution in [2.45, 2.75) is 18.9 Å². The van der Waals surface area contributed by atoms with E-state index in [4.69, 9.17) is 17.0 Å². The van der Waals surface area contributed by atoms with Crippen molar-refractivity contribution >= 4 is 23.0 Å². The molecule has 23 heavy (non-hydrogen) atoms. The quantitative estimate of drug-likeness (QED) is 0.828. The van der Waals surface area contributed by atoms with Crippen molar-refractivity contribution in [1.29, 1.82) is 0 Å². The Balaban J connectivity index is 1.80. The van der Waals surface area contributed by atoms with Crippen molar-refractivity contribution in [3.05, 3.63) is 70.8 Å². The van der Waals surface area contributed by atoms with Gasteiger partial charge in [0.25, 0.3) is 0 Å². The predicted octanol–water partition coefficient (Wildman–Crippen LogP) is 3.57. The van der Waals surface area contributed by atoms with Gasteiger partial charge in [-0.05, 0) is 53.9 Å². The van der Waals surface area contributed by atoms with E-state index in [9.17, 15) is 0 Å². The Hall–Kier alpha value is -2.33. The summed E-state index contributed by atoms with van der Waals surface area (Å²) < 4.78 is 5.26. The molecule has 0 bridgehead atoms. The maximum Gasteiger partial charge on any atom is 0.171 e. The van der Waals surface area contributed by atoms with E-state index in [1.54, 1.807) is 7.11 Å². The van der Waals surface area contributed by atoms with Gasteiger partial charge in [-0.25, -0.2) is 0 Å². The molecule has 4 heteroatoms. The fraction of sp³-hybridized carbons (Fsp3) is 0.211. The van der Waals surface area contributed by atoms with Gasteiger partial charge in [-0.15, -0.1) is 0 Å². The van der Waals surface area contributed by atoms with Gasteiger partial charge < -0.3 is 15.4 Å². The molecular weight excluding hydrogens is 304 g/mol. The van der Waals surface area contributed by atoms with E-state index < -0.39 is 0 Å². The minimum absolute atomic E-state index is 0.123. The summed E-state index contributed by atoms with van der Waals surface area (Å²) in [6.07, 6.45) is 2.10. The predicted molar refractivity (Wildman–Crippen MR) is 96.3 cm³/mol. The lowest BCUT2D eigenvalue weighted by Crippen LogP contribution is -2.44. The number of hydrogen-bond acceptors (Lipinski definition) is 2. The Morgan fingerprint density at radius 1 is 1.04 bits per heavy atom. The molecule has 0 fully saturated rings. The summed E-state index contributed by atoms with van der Waals surface area (Å²) in [4.78, 5) is 0. The number of thiocarbonyl (C=S) groups is 1. The number of hydrogen-bond donors (Lipinski definition) is 2. The van der Waals surface area contributed by atoms with Crippen molar-refractivity contribution < 1.29 is 4.74 Å². The average molecular weight is 322 g/mol. The van der Waals surface area contributed by atoms with Gasteiger partial charge in [0.1, 0.15) is 5.75 Å². The fourth-order valence-electron chi connectivity index (χ4n) is 3.43. The van der Waals surface area contributed by atoms with Gasteiger partial charge in [-0.2, -0.15) is 0 Å². The Labute approximate surface area is 141 Å². The molecule has 116 valence electrons. The molecule has 1 aliphatic heterocycles. The summed E-state index contributed by atoms with van der Waals surface area (Å²) in [7, 11) is 1.69. The Morgan fingerprint density at radius 2 is 1.83 bits per heavy atom. The second-order valence-corrected chi connectivity index (χ2v) is 6.27. The summed E-state index contributed by atoms with van der Waals surface area (Å²) in [5.41, 5.74) is 6.42. The molecule has 3 nitrogen and oxygen atoms in total. The number of benzene rings is 2. The van der Waals surface area contributed by atoms with E-state index in [-0.39, 0.29) is 6.04 Å². The summed E-state index contributed by atoms with van der Waals surface area (Å²) in [6, 6.07) is 16.9. The topological polar surface area (TPSA) is 33.3 Å². The van der Waals surface area contributed by atoms with Crippen molar-refractivity contribution in [3.8, 4) is 5.75 Å². The van der Waals surface area contributed by atoms with Crippen molar-refractivity contribution in [3.63, 3.8) is 0 Å². The third-order valence-electron chi connectivity index (χ3n) is 4.58. The molecule has 2 aliphatic rings. The summed E-state index contributed by atoms with van der Waals surface area (Å²) >= 11 is 5.45. The van der Waals surface area contributed by atoms with Gasteiger partial charge in [0, 0.05) is 11.3 Å². The minimum atomic E-state index is 0.123. The largest absolute Gasteiger partial charge is 0.497 e. The number of nitrogens with one attached hydrogen (secondary N) is 2. The molecule has 0 spiro atoms. The lowest BCUT2D eigenvalue weighted by molar-refractivity contribution is 0.414. The monoisotopic (exact) mass is 322 g/mol. The van der Waals surface area contributed by atoms with Gasteiger partial charge >= 0.3 is 0 Å². The SMILES string of the molecule is COc1ccc([C@@H]2NC(=S)NC3=C2CCc2ccccc23)cc1. The van der Waals surface area contributed by atoms with Crippen LogP contribution in [-0.2, 0) is 6.42 Å². The van der Waals surface area contributed by atoms with Gasteiger partial charge in [-0.3, -0.25) is 0 Å². The zero-order valence-corrected chi connectivity index (χ0v) is 13.7. The van der Waals surface area contributed by atoms with Gasteiger partial charge in [0.15, 0.2) is 5.11 Å². The van der Waals surface area contributed by atoms with Crippen LogP contribution in [0.3, 0.4) is 0 Å². The first kappa shape index (κ1) is 14.3. The van der Waals surface area contributed by atoms with Crippen LogP contribution in [0, 0.1) is 0 Å². The van der Waals surface area contributed by atoms with E-state index in [0.717, 1.165) is 18.6 Å². The molecule has 4 rings (SSSR count). The smallest absolute Gasteiger partial charge is 0.171 e. The standard InChI is InChI=1S/C19H18N2OS/c1-22-14-9-6-13(7-10-14)17-16-11-8-12-4-2-3-5-15(12)18(16)21-19(23)20-17/h2-7,9-10,17H,8,11H2,1H3,(H2,20,21,23)/t17-/m0/s1. The summed E-state index contributed by atoms with van der Waals surface area (Å²) in [6.45, 7) is 0. The lowest BCUT2D eigenvalue weighted by atomic mass is 9.83. The molecule has 2 aromatic carbocycles. The molecular formula is C19H18N2OS. The van der Waals surface area contributed by atoms with E-state index in [0.29, 0.717) is 5.11 Å². The molecule has 0 radical (unpaired) electrons. The molecule has 0 amide bonds. The van der Waals surface area contributed by atoms with E-state index in [1.165, 1.54) is 28.0 Å². The number of aryl methyl sites for hydroxylation is 1. The lowest BCUT2D eigenvalue weighted by Gasteiger charge is -2.35. The normalized spacial score (nSPS) is 19.3. The number of ether oxygens (including phenoxy) is 1. The van der Waals surface area contributed by atoms with Gasteiger partial charge in [0.2, 0.25) is 0 Å². The highest BCUT2D eigenvalue weighted by Gasteiger charge is 2.30. The highest BCUT2D eigenvalue weighted by Crippen LogP contribution is 2.38. The molecule has 1 aliphatic carbocycles. The molecule has 1 atom stereocenters. The van der Waals surface area contributed by atoms with E-state index in [1.807, 2.05) is 12.1 Å².